The molecule has 0 aliphatic heterocycles. The summed E-state index contributed by atoms with van der Waals surface area (Å²) in [5, 5.41) is 3.45. The molecule has 0 fully saturated rings. The van der Waals surface area contributed by atoms with Crippen LogP contribution in [0.1, 0.15) is 33.4 Å². The Kier molecular flexibility index (Phi) is 4.52. The summed E-state index contributed by atoms with van der Waals surface area (Å²) < 4.78 is 23.4. The highest BCUT2D eigenvalue weighted by Crippen LogP contribution is 2.28. The zero-order valence-corrected chi connectivity index (χ0v) is 13.8. The van der Waals surface area contributed by atoms with Gasteiger partial charge in [0.05, 0.1) is 6.61 Å². The number of hydrogen-bond acceptors (Lipinski definition) is 4. The van der Waals surface area contributed by atoms with Crippen molar-refractivity contribution in [1.82, 2.24) is 0 Å². The first-order chi connectivity index (χ1) is 12.0. The van der Waals surface area contributed by atoms with E-state index in [-0.39, 0.29) is 18.3 Å². The van der Waals surface area contributed by atoms with Crippen LogP contribution in [0.2, 0.25) is 0 Å². The molecule has 0 unspecified atom stereocenters. The molecule has 0 bridgehead atoms. The van der Waals surface area contributed by atoms with Gasteiger partial charge in [-0.05, 0) is 56.3 Å². The molecular weight excluding hydrogens is 325 g/mol. The molecule has 0 saturated heterocycles. The smallest absolute Gasteiger partial charge is 0.374 e. The maximum Gasteiger partial charge on any atom is 0.374 e. The van der Waals surface area contributed by atoms with Gasteiger partial charge in [0, 0.05) is 22.2 Å². The number of halogens is 1. The number of furan rings is 1. The van der Waals surface area contributed by atoms with E-state index >= 15 is 0 Å². The van der Waals surface area contributed by atoms with Crippen LogP contribution in [-0.2, 0) is 4.74 Å². The van der Waals surface area contributed by atoms with Crippen LogP contribution < -0.4 is 5.32 Å². The van der Waals surface area contributed by atoms with Crippen molar-refractivity contribution in [3.8, 4) is 0 Å². The topological polar surface area (TPSA) is 68.5 Å². The second-order valence-corrected chi connectivity index (χ2v) is 5.45. The molecule has 0 radical (unpaired) electrons. The Morgan fingerprint density at radius 2 is 1.88 bits per heavy atom. The Bertz CT molecular complexity index is 944. The van der Waals surface area contributed by atoms with Crippen LogP contribution in [0.25, 0.3) is 11.0 Å². The molecule has 128 valence electrons. The molecule has 1 amide bonds. The van der Waals surface area contributed by atoms with E-state index in [0.717, 1.165) is 0 Å². The Hall–Kier alpha value is -3.15. The summed E-state index contributed by atoms with van der Waals surface area (Å²) in [7, 11) is 0. The third-order valence-corrected chi connectivity index (χ3v) is 3.76. The fourth-order valence-electron chi connectivity index (χ4n) is 2.49. The van der Waals surface area contributed by atoms with Crippen molar-refractivity contribution in [2.24, 2.45) is 0 Å². The molecule has 3 aromatic rings. The lowest BCUT2D eigenvalue weighted by molar-refractivity contribution is 0.0491. The molecule has 0 aliphatic carbocycles. The minimum Gasteiger partial charge on any atom is -0.460 e. The number of nitrogens with one attached hydrogen (secondary N) is 1. The first-order valence-electron chi connectivity index (χ1n) is 7.76. The van der Waals surface area contributed by atoms with Crippen molar-refractivity contribution >= 4 is 28.5 Å². The van der Waals surface area contributed by atoms with E-state index in [0.29, 0.717) is 27.8 Å². The number of benzene rings is 2. The third-order valence-electron chi connectivity index (χ3n) is 3.76. The van der Waals surface area contributed by atoms with Crippen molar-refractivity contribution in [3.05, 3.63) is 65.2 Å². The quantitative estimate of drug-likeness (QED) is 0.718. The number of aryl methyl sites for hydroxylation is 1. The Labute approximate surface area is 143 Å². The van der Waals surface area contributed by atoms with E-state index in [1.54, 1.807) is 32.0 Å². The van der Waals surface area contributed by atoms with Gasteiger partial charge in [-0.2, -0.15) is 0 Å². The molecule has 6 heteroatoms. The second kappa shape index (κ2) is 6.76. The van der Waals surface area contributed by atoms with E-state index in [4.69, 9.17) is 9.15 Å². The fraction of sp³-hybridized carbons (Fsp3) is 0.158. The Morgan fingerprint density at radius 1 is 1.16 bits per heavy atom. The van der Waals surface area contributed by atoms with Gasteiger partial charge in [0.15, 0.2) is 0 Å². The fourth-order valence-corrected chi connectivity index (χ4v) is 2.49. The zero-order chi connectivity index (χ0) is 18.0. The van der Waals surface area contributed by atoms with Gasteiger partial charge >= 0.3 is 5.97 Å². The SMILES string of the molecule is CCOC(=O)c1oc2ccc(NC(=O)c3ccc(F)cc3)cc2c1C. The highest BCUT2D eigenvalue weighted by molar-refractivity contribution is 6.05. The molecule has 0 saturated carbocycles. The van der Waals surface area contributed by atoms with Crippen LogP contribution in [0.4, 0.5) is 10.1 Å². The van der Waals surface area contributed by atoms with Crippen molar-refractivity contribution in [2.45, 2.75) is 13.8 Å². The standard InChI is InChI=1S/C19H16FNO4/c1-3-24-19(23)17-11(2)15-10-14(8-9-16(15)25-17)21-18(22)12-4-6-13(20)7-5-12/h4-10H,3H2,1-2H3,(H,21,22). The third kappa shape index (κ3) is 3.38. The number of esters is 1. The van der Waals surface area contributed by atoms with Gasteiger partial charge in [0.2, 0.25) is 5.76 Å². The van der Waals surface area contributed by atoms with Crippen LogP contribution in [-0.4, -0.2) is 18.5 Å². The summed E-state index contributed by atoms with van der Waals surface area (Å²) in [5.41, 5.74) is 2.06. The van der Waals surface area contributed by atoms with Gasteiger partial charge in [-0.1, -0.05) is 0 Å². The molecule has 3 rings (SSSR count). The van der Waals surface area contributed by atoms with Crippen LogP contribution in [0, 0.1) is 12.7 Å². The van der Waals surface area contributed by atoms with Crippen LogP contribution in [0.15, 0.2) is 46.9 Å². The summed E-state index contributed by atoms with van der Waals surface area (Å²) in [6, 6.07) is 10.3. The molecule has 1 aromatic heterocycles. The highest BCUT2D eigenvalue weighted by atomic mass is 19.1. The van der Waals surface area contributed by atoms with Crippen molar-refractivity contribution in [3.63, 3.8) is 0 Å². The predicted octanol–water partition coefficient (Wildman–Crippen LogP) is 4.31. The van der Waals surface area contributed by atoms with Gasteiger partial charge in [0.1, 0.15) is 11.4 Å². The van der Waals surface area contributed by atoms with Crippen LogP contribution in [0.5, 0.6) is 0 Å². The van der Waals surface area contributed by atoms with Gasteiger partial charge in [-0.3, -0.25) is 4.79 Å². The molecule has 1 N–H and O–H groups in total. The average Bonchev–Trinajstić information content (AvgIpc) is 2.92. The van der Waals surface area contributed by atoms with Crippen molar-refractivity contribution < 1.29 is 23.1 Å². The zero-order valence-electron chi connectivity index (χ0n) is 13.8. The first-order valence-corrected chi connectivity index (χ1v) is 7.76. The average molecular weight is 341 g/mol. The molecule has 5 nitrogen and oxygen atoms in total. The predicted molar refractivity (Wildman–Crippen MR) is 91.3 cm³/mol. The number of amides is 1. The van der Waals surface area contributed by atoms with Crippen molar-refractivity contribution in [1.29, 1.82) is 0 Å². The summed E-state index contributed by atoms with van der Waals surface area (Å²) in [4.78, 5) is 24.1. The van der Waals surface area contributed by atoms with Gasteiger partial charge in [0.25, 0.3) is 5.91 Å². The van der Waals surface area contributed by atoms with Gasteiger partial charge in [-0.25, -0.2) is 9.18 Å². The maximum absolute atomic E-state index is 12.9. The van der Waals surface area contributed by atoms with Gasteiger partial charge in [-0.15, -0.1) is 0 Å². The Balaban J connectivity index is 1.88. The number of carbonyl (C=O) groups excluding carboxylic acids is 2. The summed E-state index contributed by atoms with van der Waals surface area (Å²) in [6.45, 7) is 3.73. The maximum atomic E-state index is 12.9. The molecule has 0 atom stereocenters. The molecule has 0 aliphatic rings. The molecule has 2 aromatic carbocycles. The summed E-state index contributed by atoms with van der Waals surface area (Å²) in [6.07, 6.45) is 0. The monoisotopic (exact) mass is 341 g/mol. The van der Waals surface area contributed by atoms with E-state index in [2.05, 4.69) is 5.32 Å². The normalized spacial score (nSPS) is 10.7. The van der Waals surface area contributed by atoms with E-state index in [1.807, 2.05) is 0 Å². The van der Waals surface area contributed by atoms with E-state index in [9.17, 15) is 14.0 Å². The Morgan fingerprint density at radius 3 is 2.56 bits per heavy atom. The lowest BCUT2D eigenvalue weighted by atomic mass is 10.1. The van der Waals surface area contributed by atoms with E-state index in [1.165, 1.54) is 24.3 Å². The lowest BCUT2D eigenvalue weighted by Gasteiger charge is -2.05. The number of rotatable bonds is 4. The molecule has 1 heterocycles. The summed E-state index contributed by atoms with van der Waals surface area (Å²) in [5.74, 6) is -1.13. The van der Waals surface area contributed by atoms with E-state index < -0.39 is 11.8 Å². The largest absolute Gasteiger partial charge is 0.460 e. The van der Waals surface area contributed by atoms with Gasteiger partial charge < -0.3 is 14.5 Å². The molecule has 25 heavy (non-hydrogen) atoms. The number of fused-ring (bicyclic) bond motifs is 1. The highest BCUT2D eigenvalue weighted by Gasteiger charge is 2.19. The molecule has 0 spiro atoms. The molecular formula is C19H16FNO4. The minimum absolute atomic E-state index is 0.152. The van der Waals surface area contributed by atoms with Crippen molar-refractivity contribution in [2.75, 3.05) is 11.9 Å². The van der Waals surface area contributed by atoms with Crippen LogP contribution in [0.3, 0.4) is 0 Å². The number of carbonyl (C=O) groups is 2. The summed E-state index contributed by atoms with van der Waals surface area (Å²) >= 11 is 0. The minimum atomic E-state index is -0.520. The number of hydrogen-bond donors (Lipinski definition) is 1. The number of anilines is 1. The van der Waals surface area contributed by atoms with Crippen LogP contribution >= 0.6 is 0 Å². The lowest BCUT2D eigenvalue weighted by Crippen LogP contribution is -2.11. The first kappa shape index (κ1) is 16.7. The number of ether oxygens (including phenoxy) is 1. The second-order valence-electron chi connectivity index (χ2n) is 5.45.